The maximum absolute atomic E-state index is 2.42. The summed E-state index contributed by atoms with van der Waals surface area (Å²) < 4.78 is 2.42. The number of rotatable bonds is 5. The lowest BCUT2D eigenvalue weighted by atomic mass is 10.0. The van der Waals surface area contributed by atoms with Crippen LogP contribution in [0.3, 0.4) is 0 Å². The lowest BCUT2D eigenvalue weighted by Crippen LogP contribution is -1.93. The Kier molecular flexibility index (Phi) is 4.87. The zero-order chi connectivity index (χ0) is 19.6. The highest BCUT2D eigenvalue weighted by molar-refractivity contribution is 7.99. The molecular weight excluding hydrogens is 370 g/mol. The van der Waals surface area contributed by atoms with E-state index >= 15 is 0 Å². The van der Waals surface area contributed by atoms with E-state index < -0.39 is 0 Å². The summed E-state index contributed by atoms with van der Waals surface area (Å²) in [6, 6.07) is 35.1. The first kappa shape index (κ1) is 18.1. The lowest BCUT2D eigenvalue weighted by molar-refractivity contribution is 0.827. The summed E-state index contributed by atoms with van der Waals surface area (Å²) in [7, 11) is 0. The third-order valence-electron chi connectivity index (χ3n) is 5.45. The molecular formula is C27H23NS. The molecule has 1 nitrogen and oxygen atoms in total. The predicted molar refractivity (Wildman–Crippen MR) is 125 cm³/mol. The Balaban J connectivity index is 1.61. The maximum Gasteiger partial charge on any atom is 0.0492 e. The van der Waals surface area contributed by atoms with Crippen LogP contribution in [0.1, 0.15) is 18.1 Å². The topological polar surface area (TPSA) is 4.93 Å². The Bertz CT molecular complexity index is 1170. The van der Waals surface area contributed by atoms with E-state index in [0.29, 0.717) is 0 Å². The van der Waals surface area contributed by atoms with Crippen LogP contribution in [0.4, 0.5) is 0 Å². The second-order valence-corrected chi connectivity index (χ2v) is 8.50. The van der Waals surface area contributed by atoms with Gasteiger partial charge in [0, 0.05) is 38.1 Å². The van der Waals surface area contributed by atoms with E-state index in [-0.39, 0.29) is 0 Å². The largest absolute Gasteiger partial charge is 0.341 e. The van der Waals surface area contributed by atoms with Gasteiger partial charge in [-0.05, 0) is 66.9 Å². The minimum absolute atomic E-state index is 0.966. The van der Waals surface area contributed by atoms with Crippen molar-refractivity contribution in [2.45, 2.75) is 29.7 Å². The SMILES string of the molecule is CCn1c2ccc(Cc3ccccc3)cc2c2cc(Sc3ccccc3)ccc21. The Morgan fingerprint density at radius 1 is 0.621 bits per heavy atom. The number of hydrogen-bond acceptors (Lipinski definition) is 1. The van der Waals surface area contributed by atoms with Gasteiger partial charge < -0.3 is 4.57 Å². The third kappa shape index (κ3) is 3.56. The Hall–Kier alpha value is -2.97. The molecule has 4 aromatic carbocycles. The zero-order valence-corrected chi connectivity index (χ0v) is 17.3. The van der Waals surface area contributed by atoms with Crippen LogP contribution < -0.4 is 0 Å². The third-order valence-corrected chi connectivity index (χ3v) is 6.44. The number of aryl methyl sites for hydroxylation is 1. The molecule has 0 atom stereocenters. The molecule has 2 heteroatoms. The van der Waals surface area contributed by atoms with Crippen molar-refractivity contribution in [3.63, 3.8) is 0 Å². The molecule has 5 aromatic rings. The van der Waals surface area contributed by atoms with Gasteiger partial charge in [-0.3, -0.25) is 0 Å². The number of aromatic nitrogens is 1. The molecule has 0 radical (unpaired) electrons. The summed E-state index contributed by atoms with van der Waals surface area (Å²) in [6.07, 6.45) is 0.966. The molecule has 0 unspecified atom stereocenters. The molecule has 0 N–H and O–H groups in total. The van der Waals surface area contributed by atoms with Gasteiger partial charge in [0.15, 0.2) is 0 Å². The van der Waals surface area contributed by atoms with E-state index in [4.69, 9.17) is 0 Å². The molecule has 1 aromatic heterocycles. The second-order valence-electron chi connectivity index (χ2n) is 7.35. The predicted octanol–water partition coefficient (Wildman–Crippen LogP) is 7.56. The molecule has 0 fully saturated rings. The van der Waals surface area contributed by atoms with Crippen LogP contribution in [0.25, 0.3) is 21.8 Å². The van der Waals surface area contributed by atoms with Crippen molar-refractivity contribution in [2.24, 2.45) is 0 Å². The van der Waals surface area contributed by atoms with E-state index in [9.17, 15) is 0 Å². The van der Waals surface area contributed by atoms with Crippen molar-refractivity contribution < 1.29 is 0 Å². The highest BCUT2D eigenvalue weighted by Gasteiger charge is 2.12. The average molecular weight is 394 g/mol. The van der Waals surface area contributed by atoms with Crippen molar-refractivity contribution in [1.82, 2.24) is 4.57 Å². The van der Waals surface area contributed by atoms with Gasteiger partial charge in [0.25, 0.3) is 0 Å². The first-order valence-corrected chi connectivity index (χ1v) is 10.9. The van der Waals surface area contributed by atoms with Gasteiger partial charge in [-0.1, -0.05) is 66.4 Å². The molecule has 5 rings (SSSR count). The molecule has 0 spiro atoms. The summed E-state index contributed by atoms with van der Waals surface area (Å²) in [5.41, 5.74) is 5.35. The number of fused-ring (bicyclic) bond motifs is 3. The molecule has 0 aliphatic rings. The van der Waals surface area contributed by atoms with Gasteiger partial charge in [0.05, 0.1) is 0 Å². The van der Waals surface area contributed by atoms with Gasteiger partial charge in [0.1, 0.15) is 0 Å². The fourth-order valence-corrected chi connectivity index (χ4v) is 4.98. The first-order valence-electron chi connectivity index (χ1n) is 10.1. The molecule has 1 heterocycles. The molecule has 0 amide bonds. The highest BCUT2D eigenvalue weighted by Crippen LogP contribution is 2.35. The van der Waals surface area contributed by atoms with Crippen LogP contribution in [0.15, 0.2) is 107 Å². The van der Waals surface area contributed by atoms with Crippen LogP contribution in [0, 0.1) is 0 Å². The summed E-state index contributed by atoms with van der Waals surface area (Å²) >= 11 is 1.83. The van der Waals surface area contributed by atoms with Crippen LogP contribution >= 0.6 is 11.8 Å². The summed E-state index contributed by atoms with van der Waals surface area (Å²) in [4.78, 5) is 2.56. The van der Waals surface area contributed by atoms with Crippen molar-refractivity contribution in [3.8, 4) is 0 Å². The van der Waals surface area contributed by atoms with Crippen molar-refractivity contribution in [2.75, 3.05) is 0 Å². The number of nitrogens with zero attached hydrogens (tertiary/aromatic N) is 1. The normalized spacial score (nSPS) is 11.3. The molecule has 0 saturated heterocycles. The van der Waals surface area contributed by atoms with E-state index in [1.165, 1.54) is 42.7 Å². The Labute approximate surface area is 176 Å². The van der Waals surface area contributed by atoms with Crippen LogP contribution in [-0.4, -0.2) is 4.57 Å². The number of hydrogen-bond donors (Lipinski definition) is 0. The van der Waals surface area contributed by atoms with Crippen LogP contribution in [0.2, 0.25) is 0 Å². The average Bonchev–Trinajstić information content (AvgIpc) is 3.07. The quantitative estimate of drug-likeness (QED) is 0.298. The van der Waals surface area contributed by atoms with Crippen molar-refractivity contribution >= 4 is 33.6 Å². The molecule has 0 aliphatic carbocycles. The van der Waals surface area contributed by atoms with Gasteiger partial charge in [-0.15, -0.1) is 0 Å². The van der Waals surface area contributed by atoms with E-state index in [0.717, 1.165) is 13.0 Å². The van der Waals surface area contributed by atoms with E-state index in [1.807, 2.05) is 11.8 Å². The summed E-state index contributed by atoms with van der Waals surface area (Å²) in [6.45, 7) is 3.20. The first-order chi connectivity index (χ1) is 14.3. The van der Waals surface area contributed by atoms with Crippen LogP contribution in [0.5, 0.6) is 0 Å². The second kappa shape index (κ2) is 7.81. The van der Waals surface area contributed by atoms with Gasteiger partial charge >= 0.3 is 0 Å². The minimum Gasteiger partial charge on any atom is -0.341 e. The van der Waals surface area contributed by atoms with Gasteiger partial charge in [-0.2, -0.15) is 0 Å². The summed E-state index contributed by atoms with van der Waals surface area (Å²) in [5, 5.41) is 2.70. The smallest absolute Gasteiger partial charge is 0.0492 e. The monoisotopic (exact) mass is 393 g/mol. The molecule has 0 aliphatic heterocycles. The van der Waals surface area contributed by atoms with E-state index in [1.54, 1.807) is 0 Å². The zero-order valence-electron chi connectivity index (χ0n) is 16.5. The highest BCUT2D eigenvalue weighted by atomic mass is 32.2. The standard InChI is InChI=1S/C27H23NS/c1-2-28-26-15-13-21(17-20-9-5-3-6-10-20)18-24(26)25-19-23(14-16-27(25)28)29-22-11-7-4-8-12-22/h3-16,18-19H,2,17H2,1H3. The molecule has 142 valence electrons. The van der Waals surface area contributed by atoms with E-state index in [2.05, 4.69) is 109 Å². The van der Waals surface area contributed by atoms with Crippen LogP contribution in [-0.2, 0) is 13.0 Å². The van der Waals surface area contributed by atoms with Crippen molar-refractivity contribution in [1.29, 1.82) is 0 Å². The van der Waals surface area contributed by atoms with Crippen molar-refractivity contribution in [3.05, 3.63) is 108 Å². The van der Waals surface area contributed by atoms with Gasteiger partial charge in [0.2, 0.25) is 0 Å². The molecule has 29 heavy (non-hydrogen) atoms. The fourth-order valence-electron chi connectivity index (χ4n) is 4.10. The fraction of sp³-hybridized carbons (Fsp3) is 0.111. The number of benzene rings is 4. The van der Waals surface area contributed by atoms with Gasteiger partial charge in [-0.25, -0.2) is 0 Å². The Morgan fingerprint density at radius 2 is 1.28 bits per heavy atom. The molecule has 0 saturated carbocycles. The maximum atomic E-state index is 2.42. The Morgan fingerprint density at radius 3 is 2.00 bits per heavy atom. The minimum atomic E-state index is 0.966. The molecule has 0 bridgehead atoms. The summed E-state index contributed by atoms with van der Waals surface area (Å²) in [5.74, 6) is 0. The lowest BCUT2D eigenvalue weighted by Gasteiger charge is -2.05.